The molecular formula is C17H19Cl2NO3. The number of rotatable bonds is 4. The van der Waals surface area contributed by atoms with Gasteiger partial charge in [0.2, 0.25) is 5.91 Å². The summed E-state index contributed by atoms with van der Waals surface area (Å²) < 4.78 is 5.35. The molecule has 1 aromatic carbocycles. The second-order valence-corrected chi connectivity index (χ2v) is 6.79. The van der Waals surface area contributed by atoms with E-state index in [1.807, 2.05) is 13.8 Å². The number of halogens is 2. The van der Waals surface area contributed by atoms with Gasteiger partial charge in [0.15, 0.2) is 0 Å². The monoisotopic (exact) mass is 355 g/mol. The summed E-state index contributed by atoms with van der Waals surface area (Å²) in [7, 11) is 0. The zero-order valence-corrected chi connectivity index (χ0v) is 14.8. The molecule has 0 aromatic heterocycles. The topological polar surface area (TPSA) is 55.4 Å². The lowest BCUT2D eigenvalue weighted by atomic mass is 9.84. The van der Waals surface area contributed by atoms with Gasteiger partial charge in [-0.1, -0.05) is 43.1 Å². The maximum Gasteiger partial charge on any atom is 0.336 e. The van der Waals surface area contributed by atoms with E-state index in [1.165, 1.54) is 0 Å². The molecule has 0 saturated heterocycles. The van der Waals surface area contributed by atoms with Gasteiger partial charge in [0.1, 0.15) is 0 Å². The molecule has 1 N–H and O–H groups in total. The molecule has 1 aliphatic heterocycles. The quantitative estimate of drug-likeness (QED) is 0.828. The summed E-state index contributed by atoms with van der Waals surface area (Å²) in [6.07, 6.45) is 0.104. The maximum absolute atomic E-state index is 12.5. The molecule has 0 radical (unpaired) electrons. The molecule has 4 nitrogen and oxygen atoms in total. The minimum atomic E-state index is -0.510. The first-order valence-electron chi connectivity index (χ1n) is 7.43. The lowest BCUT2D eigenvalue weighted by Gasteiger charge is -2.28. The van der Waals surface area contributed by atoms with Crippen LogP contribution in [0.15, 0.2) is 29.5 Å². The third kappa shape index (κ3) is 4.06. The molecular weight excluding hydrogens is 337 g/mol. The van der Waals surface area contributed by atoms with E-state index in [0.717, 1.165) is 0 Å². The fraction of sp³-hybridized carbons (Fsp3) is 0.412. The Labute approximate surface area is 145 Å². The van der Waals surface area contributed by atoms with Crippen molar-refractivity contribution in [3.8, 4) is 0 Å². The van der Waals surface area contributed by atoms with Gasteiger partial charge in [0, 0.05) is 28.1 Å². The van der Waals surface area contributed by atoms with Crippen molar-refractivity contribution in [1.82, 2.24) is 5.32 Å². The predicted octanol–water partition coefficient (Wildman–Crippen LogP) is 4.07. The van der Waals surface area contributed by atoms with Gasteiger partial charge in [-0.05, 0) is 30.5 Å². The minimum Gasteiger partial charge on any atom is -0.462 e. The Kier molecular flexibility index (Phi) is 5.71. The second kappa shape index (κ2) is 7.37. The van der Waals surface area contributed by atoms with Crippen LogP contribution < -0.4 is 5.32 Å². The molecule has 0 fully saturated rings. The summed E-state index contributed by atoms with van der Waals surface area (Å²) >= 11 is 12.5. The molecule has 6 heteroatoms. The number of hydrogen-bond donors (Lipinski definition) is 1. The number of allylic oxidation sites excluding steroid dienone is 1. The fourth-order valence-corrected chi connectivity index (χ4v) is 3.24. The lowest BCUT2D eigenvalue weighted by Crippen LogP contribution is -2.34. The van der Waals surface area contributed by atoms with Crippen LogP contribution in [-0.2, 0) is 14.3 Å². The number of hydrogen-bond acceptors (Lipinski definition) is 3. The molecule has 0 bridgehead atoms. The Hall–Kier alpha value is -1.52. The van der Waals surface area contributed by atoms with Gasteiger partial charge in [0.25, 0.3) is 0 Å². The SMILES string of the molecule is CC1=C(C(=O)OCC(C)C)[C@@H](c2c(Cl)cccc2Cl)CC(=O)N1. The molecule has 23 heavy (non-hydrogen) atoms. The van der Waals surface area contributed by atoms with Crippen LogP contribution in [0.5, 0.6) is 0 Å². The Balaban J connectivity index is 2.44. The average molecular weight is 356 g/mol. The normalized spacial score (nSPS) is 18.2. The summed E-state index contributed by atoms with van der Waals surface area (Å²) in [4.78, 5) is 24.4. The number of benzene rings is 1. The maximum atomic E-state index is 12.5. The molecule has 124 valence electrons. The van der Waals surface area contributed by atoms with Crippen molar-refractivity contribution in [3.05, 3.63) is 45.1 Å². The van der Waals surface area contributed by atoms with E-state index in [0.29, 0.717) is 33.5 Å². The van der Waals surface area contributed by atoms with Gasteiger partial charge in [-0.25, -0.2) is 4.79 Å². The number of esters is 1. The van der Waals surface area contributed by atoms with Crippen LogP contribution in [-0.4, -0.2) is 18.5 Å². The fourth-order valence-electron chi connectivity index (χ4n) is 2.58. The van der Waals surface area contributed by atoms with Crippen LogP contribution in [0.1, 0.15) is 38.7 Å². The number of nitrogens with one attached hydrogen (secondary N) is 1. The molecule has 0 unspecified atom stereocenters. The highest BCUT2D eigenvalue weighted by molar-refractivity contribution is 6.36. The molecule has 2 rings (SSSR count). The zero-order chi connectivity index (χ0) is 17.1. The molecule has 1 amide bonds. The summed E-state index contributed by atoms with van der Waals surface area (Å²) in [5.41, 5.74) is 1.47. The number of carbonyl (C=O) groups excluding carboxylic acids is 2. The molecule has 0 spiro atoms. The van der Waals surface area contributed by atoms with Gasteiger partial charge < -0.3 is 10.1 Å². The van der Waals surface area contributed by atoms with Gasteiger partial charge in [-0.3, -0.25) is 4.79 Å². The Bertz CT molecular complexity index is 648. The zero-order valence-electron chi connectivity index (χ0n) is 13.3. The van der Waals surface area contributed by atoms with Crippen LogP contribution >= 0.6 is 23.2 Å². The van der Waals surface area contributed by atoms with E-state index in [1.54, 1.807) is 25.1 Å². The molecule has 0 saturated carbocycles. The summed E-state index contributed by atoms with van der Waals surface area (Å²) in [6.45, 7) is 5.91. The van der Waals surface area contributed by atoms with Crippen molar-refractivity contribution in [2.45, 2.75) is 33.1 Å². The van der Waals surface area contributed by atoms with Crippen LogP contribution in [0.3, 0.4) is 0 Å². The predicted molar refractivity (Wildman–Crippen MR) is 90.5 cm³/mol. The van der Waals surface area contributed by atoms with Crippen molar-refractivity contribution in [3.63, 3.8) is 0 Å². The number of ether oxygens (including phenoxy) is 1. The molecule has 1 aliphatic rings. The second-order valence-electron chi connectivity index (χ2n) is 5.97. The van der Waals surface area contributed by atoms with Crippen molar-refractivity contribution in [2.75, 3.05) is 6.61 Å². The van der Waals surface area contributed by atoms with E-state index < -0.39 is 11.9 Å². The average Bonchev–Trinajstić information content (AvgIpc) is 2.44. The van der Waals surface area contributed by atoms with Crippen LogP contribution in [0.25, 0.3) is 0 Å². The first kappa shape index (κ1) is 17.8. The third-order valence-electron chi connectivity index (χ3n) is 3.58. The first-order chi connectivity index (χ1) is 10.8. The van der Waals surface area contributed by atoms with Gasteiger partial charge in [-0.15, -0.1) is 0 Å². The first-order valence-corrected chi connectivity index (χ1v) is 8.18. The highest BCUT2D eigenvalue weighted by Crippen LogP contribution is 2.40. The molecule has 1 atom stereocenters. The summed E-state index contributed by atoms with van der Waals surface area (Å²) in [5.74, 6) is -0.911. The molecule has 1 heterocycles. The van der Waals surface area contributed by atoms with Crippen molar-refractivity contribution in [2.24, 2.45) is 5.92 Å². The largest absolute Gasteiger partial charge is 0.462 e. The van der Waals surface area contributed by atoms with Crippen LogP contribution in [0.2, 0.25) is 10.0 Å². The molecule has 1 aromatic rings. The summed E-state index contributed by atoms with van der Waals surface area (Å²) in [5, 5.41) is 3.55. The smallest absolute Gasteiger partial charge is 0.336 e. The number of amides is 1. The van der Waals surface area contributed by atoms with E-state index in [4.69, 9.17) is 27.9 Å². The van der Waals surface area contributed by atoms with Gasteiger partial charge >= 0.3 is 5.97 Å². The third-order valence-corrected chi connectivity index (χ3v) is 4.24. The highest BCUT2D eigenvalue weighted by Gasteiger charge is 2.35. The standard InChI is InChI=1S/C17H19Cl2NO3/c1-9(2)8-23-17(22)15-10(3)20-14(21)7-11(15)16-12(18)5-4-6-13(16)19/h4-6,9,11H,7-8H2,1-3H3,(H,20,21)/t11-/m0/s1. The van der Waals surface area contributed by atoms with Crippen LogP contribution in [0, 0.1) is 5.92 Å². The highest BCUT2D eigenvalue weighted by atomic mass is 35.5. The van der Waals surface area contributed by atoms with E-state index >= 15 is 0 Å². The van der Waals surface area contributed by atoms with Crippen molar-refractivity contribution < 1.29 is 14.3 Å². The van der Waals surface area contributed by atoms with E-state index in [9.17, 15) is 9.59 Å². The Morgan fingerprint density at radius 3 is 2.52 bits per heavy atom. The van der Waals surface area contributed by atoms with E-state index in [-0.39, 0.29) is 18.2 Å². The van der Waals surface area contributed by atoms with Crippen molar-refractivity contribution >= 4 is 35.1 Å². The Morgan fingerprint density at radius 2 is 1.96 bits per heavy atom. The number of carbonyl (C=O) groups is 2. The minimum absolute atomic E-state index is 0.104. The van der Waals surface area contributed by atoms with E-state index in [2.05, 4.69) is 5.32 Å². The van der Waals surface area contributed by atoms with Crippen LogP contribution in [0.4, 0.5) is 0 Å². The Morgan fingerprint density at radius 1 is 1.35 bits per heavy atom. The molecule has 0 aliphatic carbocycles. The summed E-state index contributed by atoms with van der Waals surface area (Å²) in [6, 6.07) is 5.12. The van der Waals surface area contributed by atoms with Gasteiger partial charge in [0.05, 0.1) is 12.2 Å². The van der Waals surface area contributed by atoms with Gasteiger partial charge in [-0.2, -0.15) is 0 Å². The lowest BCUT2D eigenvalue weighted by molar-refractivity contribution is -0.140. The van der Waals surface area contributed by atoms with Crippen molar-refractivity contribution in [1.29, 1.82) is 0 Å².